The van der Waals surface area contributed by atoms with Crippen molar-refractivity contribution in [2.24, 2.45) is 0 Å². The number of morpholine rings is 1. The number of ether oxygens (including phenoxy) is 2. The highest BCUT2D eigenvalue weighted by Gasteiger charge is 2.27. The number of carbonyl (C=O) groups is 1. The van der Waals surface area contributed by atoms with E-state index in [4.69, 9.17) is 9.47 Å². The van der Waals surface area contributed by atoms with Gasteiger partial charge in [-0.1, -0.05) is 0 Å². The highest BCUT2D eigenvalue weighted by atomic mass is 32.2. The lowest BCUT2D eigenvalue weighted by atomic mass is 10.2. The number of carbonyl (C=O) groups excluding carboxylic acids is 1. The Hall–Kier alpha value is -2.95. The lowest BCUT2D eigenvalue weighted by Gasteiger charge is -2.26. The van der Waals surface area contributed by atoms with Crippen molar-refractivity contribution in [3.8, 4) is 0 Å². The number of hydrogen-bond acceptors (Lipinski definition) is 7. The molecule has 0 unspecified atom stereocenters. The molecule has 0 radical (unpaired) electrons. The molecule has 0 N–H and O–H groups in total. The fourth-order valence-electron chi connectivity index (χ4n) is 3.83. The number of anilines is 1. The number of aryl methyl sites for hydroxylation is 1. The van der Waals surface area contributed by atoms with E-state index in [1.54, 1.807) is 30.3 Å². The molecule has 4 rings (SSSR count). The normalized spacial score (nSPS) is 15.0. The maximum atomic E-state index is 13.0. The molecule has 0 amide bonds. The molecule has 10 heteroatoms. The highest BCUT2D eigenvalue weighted by molar-refractivity contribution is 7.89. The summed E-state index contributed by atoms with van der Waals surface area (Å²) in [6.45, 7) is 4.00. The van der Waals surface area contributed by atoms with Gasteiger partial charge in [-0.2, -0.15) is 4.31 Å². The third-order valence-electron chi connectivity index (χ3n) is 5.67. The number of aromatic nitrogens is 2. The molecular weight excluding hydrogens is 444 g/mol. The molecule has 0 atom stereocenters. The molecule has 1 saturated heterocycles. The van der Waals surface area contributed by atoms with Crippen molar-refractivity contribution in [1.82, 2.24) is 13.9 Å². The minimum atomic E-state index is -3.62. The van der Waals surface area contributed by atoms with Crippen molar-refractivity contribution in [3.63, 3.8) is 0 Å². The van der Waals surface area contributed by atoms with Crippen LogP contribution in [-0.4, -0.2) is 68.6 Å². The third-order valence-corrected chi connectivity index (χ3v) is 7.57. The number of esters is 1. The summed E-state index contributed by atoms with van der Waals surface area (Å²) in [5.41, 5.74) is 2.79. The Morgan fingerprint density at radius 3 is 2.45 bits per heavy atom. The maximum Gasteiger partial charge on any atom is 0.338 e. The first-order valence-electron chi connectivity index (χ1n) is 10.8. The summed E-state index contributed by atoms with van der Waals surface area (Å²) < 4.78 is 40.1. The molecular formula is C23H28N4O5S. The second kappa shape index (κ2) is 9.50. The van der Waals surface area contributed by atoms with Gasteiger partial charge in [0.1, 0.15) is 12.4 Å². The summed E-state index contributed by atoms with van der Waals surface area (Å²) in [6, 6.07) is 12.1. The van der Waals surface area contributed by atoms with Crippen LogP contribution in [0.5, 0.6) is 0 Å². The van der Waals surface area contributed by atoms with Crippen LogP contribution in [0.2, 0.25) is 0 Å². The topological polar surface area (TPSA) is 94.0 Å². The van der Waals surface area contributed by atoms with Gasteiger partial charge in [-0.3, -0.25) is 0 Å². The van der Waals surface area contributed by atoms with Crippen molar-refractivity contribution in [1.29, 1.82) is 0 Å². The van der Waals surface area contributed by atoms with E-state index < -0.39 is 16.0 Å². The van der Waals surface area contributed by atoms with Gasteiger partial charge in [0.05, 0.1) is 34.7 Å². The predicted octanol–water partition coefficient (Wildman–Crippen LogP) is 2.50. The number of nitrogens with zero attached hydrogens (tertiary/aromatic N) is 4. The van der Waals surface area contributed by atoms with Crippen molar-refractivity contribution in [2.75, 3.05) is 45.3 Å². The van der Waals surface area contributed by atoms with Gasteiger partial charge in [0, 0.05) is 39.4 Å². The summed E-state index contributed by atoms with van der Waals surface area (Å²) in [5, 5.41) is 0. The van der Waals surface area contributed by atoms with E-state index in [1.165, 1.54) is 4.31 Å². The largest absolute Gasteiger partial charge is 0.454 e. The minimum absolute atomic E-state index is 0.0116. The second-order valence-electron chi connectivity index (χ2n) is 7.96. The molecule has 3 aromatic rings. The number of fused-ring (bicyclic) bond motifs is 1. The molecule has 0 aliphatic carbocycles. The van der Waals surface area contributed by atoms with Crippen LogP contribution in [-0.2, 0) is 32.6 Å². The Bertz CT molecular complexity index is 1250. The van der Waals surface area contributed by atoms with Gasteiger partial charge in [-0.05, 0) is 49.4 Å². The Balaban J connectivity index is 1.55. The highest BCUT2D eigenvalue weighted by Crippen LogP contribution is 2.24. The second-order valence-corrected chi connectivity index (χ2v) is 9.89. The summed E-state index contributed by atoms with van der Waals surface area (Å²) in [7, 11) is 0.241. The zero-order chi connectivity index (χ0) is 23.6. The molecule has 2 heterocycles. The van der Waals surface area contributed by atoms with Crippen molar-refractivity contribution in [2.45, 2.75) is 25.0 Å². The van der Waals surface area contributed by atoms with Crippen molar-refractivity contribution < 1.29 is 22.7 Å². The van der Waals surface area contributed by atoms with E-state index in [1.807, 2.05) is 42.6 Å². The van der Waals surface area contributed by atoms with Crippen LogP contribution in [0.3, 0.4) is 0 Å². The van der Waals surface area contributed by atoms with Gasteiger partial charge in [-0.15, -0.1) is 0 Å². The molecule has 176 valence electrons. The van der Waals surface area contributed by atoms with Crippen molar-refractivity contribution in [3.05, 3.63) is 53.9 Å². The standard InChI is InChI=1S/C23H28N4O5S/c1-4-27-21-10-9-19(33(29,30)26-11-13-31-14-12-26)15-20(21)24-22(27)16-32-23(28)17-5-7-18(8-6-17)25(2)3/h5-10,15H,4,11-14,16H2,1-3H3. The Morgan fingerprint density at radius 1 is 1.12 bits per heavy atom. The smallest absolute Gasteiger partial charge is 0.338 e. The molecule has 2 aromatic carbocycles. The SMILES string of the molecule is CCn1c(COC(=O)c2ccc(N(C)C)cc2)nc2cc(S(=O)(=O)N3CCOCC3)ccc21. The van der Waals surface area contributed by atoms with Gasteiger partial charge in [0.25, 0.3) is 0 Å². The van der Waals surface area contributed by atoms with E-state index in [0.29, 0.717) is 49.8 Å². The van der Waals surface area contributed by atoms with Gasteiger partial charge in [0.2, 0.25) is 10.0 Å². The molecule has 0 spiro atoms. The Labute approximate surface area is 193 Å². The summed E-state index contributed by atoms with van der Waals surface area (Å²) >= 11 is 0. The number of benzene rings is 2. The maximum absolute atomic E-state index is 13.0. The third kappa shape index (κ3) is 4.73. The zero-order valence-electron chi connectivity index (χ0n) is 19.0. The van der Waals surface area contributed by atoms with Gasteiger partial charge in [0.15, 0.2) is 0 Å². The van der Waals surface area contributed by atoms with Crippen LogP contribution in [0.1, 0.15) is 23.1 Å². The van der Waals surface area contributed by atoms with E-state index in [2.05, 4.69) is 4.98 Å². The number of sulfonamides is 1. The fraction of sp³-hybridized carbons (Fsp3) is 0.391. The lowest BCUT2D eigenvalue weighted by Crippen LogP contribution is -2.40. The molecule has 1 aliphatic rings. The Kier molecular flexibility index (Phi) is 6.68. The molecule has 9 nitrogen and oxygen atoms in total. The van der Waals surface area contributed by atoms with E-state index >= 15 is 0 Å². The van der Waals surface area contributed by atoms with Gasteiger partial charge >= 0.3 is 5.97 Å². The van der Waals surface area contributed by atoms with E-state index in [0.717, 1.165) is 11.2 Å². The first-order valence-corrected chi connectivity index (χ1v) is 12.3. The van der Waals surface area contributed by atoms with Crippen LogP contribution >= 0.6 is 0 Å². The number of imidazole rings is 1. The lowest BCUT2D eigenvalue weighted by molar-refractivity contribution is 0.0458. The molecule has 0 saturated carbocycles. The average Bonchev–Trinajstić information content (AvgIpc) is 3.19. The first-order chi connectivity index (χ1) is 15.8. The fourth-order valence-corrected chi connectivity index (χ4v) is 5.26. The molecule has 0 bridgehead atoms. The molecule has 33 heavy (non-hydrogen) atoms. The average molecular weight is 473 g/mol. The van der Waals surface area contributed by atoms with E-state index in [9.17, 15) is 13.2 Å². The zero-order valence-corrected chi connectivity index (χ0v) is 19.8. The molecule has 1 fully saturated rings. The van der Waals surface area contributed by atoms with Crippen LogP contribution < -0.4 is 4.90 Å². The molecule has 1 aliphatic heterocycles. The molecule has 1 aromatic heterocycles. The van der Waals surface area contributed by atoms with Gasteiger partial charge < -0.3 is 18.9 Å². The predicted molar refractivity (Wildman–Crippen MR) is 125 cm³/mol. The van der Waals surface area contributed by atoms with Crippen LogP contribution in [0.4, 0.5) is 5.69 Å². The minimum Gasteiger partial charge on any atom is -0.454 e. The monoisotopic (exact) mass is 472 g/mol. The first kappa shape index (κ1) is 23.2. The summed E-state index contributed by atoms with van der Waals surface area (Å²) in [6.07, 6.45) is 0. The summed E-state index contributed by atoms with van der Waals surface area (Å²) in [5.74, 6) is 0.122. The quantitative estimate of drug-likeness (QED) is 0.488. The van der Waals surface area contributed by atoms with Crippen LogP contribution in [0.15, 0.2) is 47.4 Å². The van der Waals surface area contributed by atoms with Crippen LogP contribution in [0.25, 0.3) is 11.0 Å². The number of hydrogen-bond donors (Lipinski definition) is 0. The number of rotatable bonds is 7. The van der Waals surface area contributed by atoms with E-state index in [-0.39, 0.29) is 11.5 Å². The van der Waals surface area contributed by atoms with Gasteiger partial charge in [-0.25, -0.2) is 18.2 Å². The summed E-state index contributed by atoms with van der Waals surface area (Å²) in [4.78, 5) is 19.2. The van der Waals surface area contributed by atoms with Crippen LogP contribution in [0, 0.1) is 0 Å². The van der Waals surface area contributed by atoms with Crippen molar-refractivity contribution >= 4 is 32.7 Å². The Morgan fingerprint density at radius 2 is 1.82 bits per heavy atom.